The lowest BCUT2D eigenvalue weighted by Crippen LogP contribution is -2.54. The summed E-state index contributed by atoms with van der Waals surface area (Å²) in [4.78, 5) is 43.5. The lowest BCUT2D eigenvalue weighted by molar-refractivity contribution is -0.192. The molecule has 2 bridgehead atoms. The summed E-state index contributed by atoms with van der Waals surface area (Å²) in [7, 11) is 0. The fourth-order valence-electron chi connectivity index (χ4n) is 9.96. The number of aliphatic hydroxyl groups excluding tert-OH is 2. The Morgan fingerprint density at radius 1 is 0.721 bits per heavy atom. The molecule has 354 valence electrons. The molecule has 0 saturated heterocycles. The molecule has 4 unspecified atom stereocenters. The summed E-state index contributed by atoms with van der Waals surface area (Å²) in [6.07, 6.45) is 3.44. The van der Waals surface area contributed by atoms with Crippen LogP contribution in [0, 0.1) is 5.92 Å². The number of hydrogen-bond donors (Lipinski definition) is 2. The molecule has 4 atom stereocenters. The van der Waals surface area contributed by atoms with Gasteiger partial charge in [0, 0.05) is 29.4 Å². The maximum atomic E-state index is 14.9. The standard InChI is InChI=1S/C58H62O10/c1-38(2)46-26-25-40-19-21-43(22-20-40)34-45(24-23-42-16-10-17-44(33-42)32-41-14-8-5-9-15-41)35-51(61)65-54-52-50(28-27-47-49(36-59)48(29-31-64-37-60)57(63)66-53(47)52)68-58(3,55(54)67-56(46)62)30-11-18-39-12-6-4-7-13-39/h4-10,12-17,19-22,27-28,33,45,54-55,59-60H,11,18,23-26,29-32,34-37H2,1-3H3. The van der Waals surface area contributed by atoms with Crippen LogP contribution in [0.3, 0.4) is 0 Å². The van der Waals surface area contributed by atoms with Crippen molar-refractivity contribution < 1.29 is 43.2 Å². The molecule has 3 aliphatic heterocycles. The van der Waals surface area contributed by atoms with Crippen molar-refractivity contribution in [2.45, 2.75) is 116 Å². The largest absolute Gasteiger partial charge is 0.483 e. The number of aryl methyl sites for hydroxylation is 3. The number of rotatable bonds is 14. The maximum absolute atomic E-state index is 14.9. The molecular weight excluding hydrogens is 857 g/mol. The van der Waals surface area contributed by atoms with Gasteiger partial charge in [0.05, 0.1) is 18.8 Å². The SMILES string of the molecule is CC(C)=C1CCc2ccc(cc2)CC(CCc2cccc(Cc3ccccc3)c2)CC(=O)OC2c3c(ccc4c(CO)c(CCOCO)c(=O)oc34)OC(C)(CCCc3ccccc3)C2OC1=O. The molecule has 0 saturated carbocycles. The third-order valence-electron chi connectivity index (χ3n) is 13.6. The average molecular weight is 919 g/mol. The Kier molecular flexibility index (Phi) is 15.7. The molecule has 0 fully saturated rings. The Morgan fingerprint density at radius 3 is 2.15 bits per heavy atom. The van der Waals surface area contributed by atoms with Crippen molar-refractivity contribution in [3.8, 4) is 5.75 Å². The zero-order valence-corrected chi connectivity index (χ0v) is 39.3. The van der Waals surface area contributed by atoms with E-state index in [4.69, 9.17) is 23.4 Å². The number of esters is 2. The highest BCUT2D eigenvalue weighted by Gasteiger charge is 2.53. The van der Waals surface area contributed by atoms with E-state index < -0.39 is 48.8 Å². The Balaban J connectivity index is 1.20. The molecule has 0 amide bonds. The van der Waals surface area contributed by atoms with Gasteiger partial charge >= 0.3 is 17.6 Å². The van der Waals surface area contributed by atoms with Gasteiger partial charge in [0.25, 0.3) is 0 Å². The summed E-state index contributed by atoms with van der Waals surface area (Å²) in [5.74, 6) is -0.845. The molecule has 68 heavy (non-hydrogen) atoms. The second-order valence-corrected chi connectivity index (χ2v) is 18.7. The van der Waals surface area contributed by atoms with Crippen LogP contribution >= 0.6 is 0 Å². The zero-order chi connectivity index (χ0) is 47.6. The predicted octanol–water partition coefficient (Wildman–Crippen LogP) is 10.2. The van der Waals surface area contributed by atoms with Crippen molar-refractivity contribution in [3.63, 3.8) is 0 Å². The summed E-state index contributed by atoms with van der Waals surface area (Å²) in [5, 5.41) is 20.5. The van der Waals surface area contributed by atoms with Crippen LogP contribution in [0.1, 0.15) is 109 Å². The van der Waals surface area contributed by atoms with Crippen molar-refractivity contribution in [1.29, 1.82) is 0 Å². The van der Waals surface area contributed by atoms with E-state index in [1.165, 1.54) is 16.7 Å². The van der Waals surface area contributed by atoms with Gasteiger partial charge in [0.2, 0.25) is 0 Å². The van der Waals surface area contributed by atoms with Crippen LogP contribution in [-0.2, 0) is 68.9 Å². The van der Waals surface area contributed by atoms with E-state index in [1.54, 1.807) is 12.1 Å². The van der Waals surface area contributed by atoms with Crippen LogP contribution in [0.5, 0.6) is 5.75 Å². The second-order valence-electron chi connectivity index (χ2n) is 18.7. The summed E-state index contributed by atoms with van der Waals surface area (Å²) < 4.78 is 31.7. The first-order valence-electron chi connectivity index (χ1n) is 23.9. The molecule has 9 rings (SSSR count). The average Bonchev–Trinajstić information content (AvgIpc) is 3.33. The molecule has 6 aromatic rings. The van der Waals surface area contributed by atoms with Gasteiger partial charge in [-0.2, -0.15) is 0 Å². The van der Waals surface area contributed by atoms with Crippen LogP contribution in [-0.4, -0.2) is 47.3 Å². The highest BCUT2D eigenvalue weighted by molar-refractivity contribution is 5.90. The first-order chi connectivity index (χ1) is 33.0. The fraction of sp³-hybridized carbons (Fsp3) is 0.362. The smallest absolute Gasteiger partial charge is 0.339 e. The van der Waals surface area contributed by atoms with Crippen LogP contribution in [0.25, 0.3) is 11.0 Å². The van der Waals surface area contributed by atoms with Crippen LogP contribution < -0.4 is 10.4 Å². The number of benzene rings is 5. The normalized spacial score (nSPS) is 19.7. The highest BCUT2D eigenvalue weighted by Crippen LogP contribution is 2.49. The number of carbonyl (C=O) groups is 2. The van der Waals surface area contributed by atoms with Crippen molar-refractivity contribution in [2.75, 3.05) is 13.4 Å². The lowest BCUT2D eigenvalue weighted by atomic mass is 9.81. The molecule has 10 nitrogen and oxygen atoms in total. The molecule has 0 aliphatic carbocycles. The molecule has 10 heteroatoms. The molecule has 1 aromatic heterocycles. The van der Waals surface area contributed by atoms with Crippen LogP contribution in [0.4, 0.5) is 0 Å². The number of allylic oxidation sites excluding steroid dienone is 1. The maximum Gasteiger partial charge on any atom is 0.339 e. The van der Waals surface area contributed by atoms with E-state index in [0.717, 1.165) is 41.5 Å². The number of aliphatic hydroxyl groups is 2. The minimum absolute atomic E-state index is 0.0182. The van der Waals surface area contributed by atoms with E-state index in [2.05, 4.69) is 84.9 Å². The fourth-order valence-corrected chi connectivity index (χ4v) is 9.96. The van der Waals surface area contributed by atoms with Gasteiger partial charge in [-0.05, 0) is 136 Å². The molecule has 5 aromatic carbocycles. The zero-order valence-electron chi connectivity index (χ0n) is 39.3. The highest BCUT2D eigenvalue weighted by atomic mass is 16.6. The Hall–Kier alpha value is -6.33. The van der Waals surface area contributed by atoms with Gasteiger partial charge in [0.1, 0.15) is 23.7 Å². The van der Waals surface area contributed by atoms with E-state index in [0.29, 0.717) is 60.8 Å². The molecule has 0 spiro atoms. The molecule has 4 heterocycles. The van der Waals surface area contributed by atoms with Crippen LogP contribution in [0.15, 0.2) is 142 Å². The van der Waals surface area contributed by atoms with Crippen molar-refractivity contribution in [3.05, 3.63) is 193 Å². The van der Waals surface area contributed by atoms with Gasteiger partial charge in [0.15, 0.2) is 12.2 Å². The van der Waals surface area contributed by atoms with Crippen molar-refractivity contribution >= 4 is 22.9 Å². The van der Waals surface area contributed by atoms with E-state index >= 15 is 0 Å². The monoisotopic (exact) mass is 918 g/mol. The van der Waals surface area contributed by atoms with E-state index in [1.807, 2.05) is 45.0 Å². The van der Waals surface area contributed by atoms with Gasteiger partial charge in [-0.15, -0.1) is 0 Å². The minimum Gasteiger partial charge on any atom is -0.483 e. The van der Waals surface area contributed by atoms with E-state index in [9.17, 15) is 24.6 Å². The Labute approximate surface area is 398 Å². The minimum atomic E-state index is -1.27. The number of fused-ring (bicyclic) bond motifs is 13. The third kappa shape index (κ3) is 11.5. The summed E-state index contributed by atoms with van der Waals surface area (Å²) in [6.45, 7) is 4.66. The molecule has 0 radical (unpaired) electrons. The summed E-state index contributed by atoms with van der Waals surface area (Å²) in [5.41, 5.74) is 7.19. The lowest BCUT2D eigenvalue weighted by Gasteiger charge is -2.45. The predicted molar refractivity (Wildman–Crippen MR) is 261 cm³/mol. The third-order valence-corrected chi connectivity index (χ3v) is 13.6. The first kappa shape index (κ1) is 48.1. The Bertz CT molecular complexity index is 2770. The number of carbonyl (C=O) groups excluding carboxylic acids is 2. The molecule has 2 N–H and O–H groups in total. The Morgan fingerprint density at radius 2 is 1.43 bits per heavy atom. The van der Waals surface area contributed by atoms with E-state index in [-0.39, 0.29) is 42.1 Å². The molecule has 3 aliphatic rings. The first-order valence-corrected chi connectivity index (χ1v) is 23.9. The number of ether oxygens (including phenoxy) is 4. The summed E-state index contributed by atoms with van der Waals surface area (Å²) >= 11 is 0. The van der Waals surface area contributed by atoms with Crippen molar-refractivity contribution in [1.82, 2.24) is 0 Å². The van der Waals surface area contributed by atoms with Gasteiger partial charge in [-0.25, -0.2) is 9.59 Å². The van der Waals surface area contributed by atoms with Crippen LogP contribution in [0.2, 0.25) is 0 Å². The van der Waals surface area contributed by atoms with Crippen molar-refractivity contribution in [2.24, 2.45) is 5.92 Å². The summed E-state index contributed by atoms with van der Waals surface area (Å²) in [6, 6.07) is 41.0. The second kappa shape index (κ2) is 22.2. The van der Waals surface area contributed by atoms with Gasteiger partial charge in [-0.3, -0.25) is 4.79 Å². The number of hydrogen-bond acceptors (Lipinski definition) is 10. The topological polar surface area (TPSA) is 142 Å². The molecular formula is C58H62O10. The van der Waals surface area contributed by atoms with Gasteiger partial charge < -0.3 is 33.6 Å². The quantitative estimate of drug-likeness (QED) is 0.0357. The van der Waals surface area contributed by atoms with Gasteiger partial charge in [-0.1, -0.05) is 115 Å².